The summed E-state index contributed by atoms with van der Waals surface area (Å²) in [6.45, 7) is 3.26. The lowest BCUT2D eigenvalue weighted by molar-refractivity contribution is 0.591. The molecule has 0 spiro atoms. The van der Waals surface area contributed by atoms with Crippen LogP contribution in [0.1, 0.15) is 12.7 Å². The smallest absolute Gasteiger partial charge is 0.334 e. The topological polar surface area (TPSA) is 57.1 Å². The van der Waals surface area contributed by atoms with Gasteiger partial charge in [-0.2, -0.15) is 0 Å². The molecule has 3 heterocycles. The molecule has 0 fully saturated rings. The highest BCUT2D eigenvalue weighted by Gasteiger charge is 2.09. The van der Waals surface area contributed by atoms with Crippen LogP contribution in [0.3, 0.4) is 0 Å². The largest absolute Gasteiger partial charge is 0.350 e. The number of aryl methyl sites for hydroxylation is 1. The van der Waals surface area contributed by atoms with Crippen LogP contribution in [0.4, 0.5) is 0 Å². The summed E-state index contributed by atoms with van der Waals surface area (Å²) in [7, 11) is 0. The molecular weight excluding hydrogens is 230 g/mol. The van der Waals surface area contributed by atoms with Gasteiger partial charge in [0.15, 0.2) is 5.65 Å². The third kappa shape index (κ3) is 1.62. The fraction of sp³-hybridized carbons (Fsp3) is 0.250. The predicted octanol–water partition coefficient (Wildman–Crippen LogP) is 0.761. The quantitative estimate of drug-likeness (QED) is 0.682. The monoisotopic (exact) mass is 243 g/mol. The number of fused-ring (bicyclic) bond motifs is 1. The summed E-state index contributed by atoms with van der Waals surface area (Å²) < 4.78 is 4.96. The first-order chi connectivity index (χ1) is 8.79. The average molecular weight is 243 g/mol. The van der Waals surface area contributed by atoms with Gasteiger partial charge < -0.3 is 4.57 Å². The van der Waals surface area contributed by atoms with Gasteiger partial charge in [0.2, 0.25) is 0 Å². The van der Waals surface area contributed by atoms with E-state index in [9.17, 15) is 4.79 Å². The maximum Gasteiger partial charge on any atom is 0.350 e. The van der Waals surface area contributed by atoms with Crippen molar-refractivity contribution < 1.29 is 0 Å². The number of hydrogen-bond donors (Lipinski definition) is 0. The van der Waals surface area contributed by atoms with Crippen LogP contribution < -0.4 is 5.69 Å². The minimum atomic E-state index is -0.142. The Hall–Kier alpha value is -2.37. The maximum atomic E-state index is 12.1. The minimum Gasteiger partial charge on any atom is -0.334 e. The van der Waals surface area contributed by atoms with Gasteiger partial charge in [0.05, 0.1) is 0 Å². The van der Waals surface area contributed by atoms with Crippen molar-refractivity contribution >= 4 is 5.65 Å². The van der Waals surface area contributed by atoms with Crippen molar-refractivity contribution in [3.63, 3.8) is 0 Å². The predicted molar refractivity (Wildman–Crippen MR) is 66.5 cm³/mol. The van der Waals surface area contributed by atoms with E-state index in [0.29, 0.717) is 12.2 Å². The molecule has 0 aliphatic carbocycles. The van der Waals surface area contributed by atoms with Crippen LogP contribution in [0.5, 0.6) is 0 Å². The molecule has 0 aromatic carbocycles. The molecule has 3 rings (SSSR count). The zero-order valence-corrected chi connectivity index (χ0v) is 10.0. The first kappa shape index (κ1) is 10.8. The van der Waals surface area contributed by atoms with Gasteiger partial charge in [-0.1, -0.05) is 6.07 Å². The highest BCUT2D eigenvalue weighted by molar-refractivity contribution is 5.35. The van der Waals surface area contributed by atoms with Crippen molar-refractivity contribution in [2.75, 3.05) is 0 Å². The zero-order valence-electron chi connectivity index (χ0n) is 10.0. The van der Waals surface area contributed by atoms with Gasteiger partial charge >= 0.3 is 5.69 Å². The average Bonchev–Trinajstić information content (AvgIpc) is 2.96. The SMILES string of the molecule is CCn1ccnc1Cn1nc2ccccn2c1=O. The molecule has 0 amide bonds. The van der Waals surface area contributed by atoms with Crippen molar-refractivity contribution in [3.8, 4) is 0 Å². The van der Waals surface area contributed by atoms with Crippen LogP contribution >= 0.6 is 0 Å². The van der Waals surface area contributed by atoms with Crippen molar-refractivity contribution in [3.05, 3.63) is 53.1 Å². The Morgan fingerprint density at radius 3 is 2.94 bits per heavy atom. The van der Waals surface area contributed by atoms with E-state index in [0.717, 1.165) is 12.4 Å². The molecule has 3 aromatic heterocycles. The van der Waals surface area contributed by atoms with Crippen molar-refractivity contribution in [1.29, 1.82) is 0 Å². The molecule has 0 N–H and O–H groups in total. The summed E-state index contributed by atoms with van der Waals surface area (Å²) in [5, 5.41) is 4.28. The number of aromatic nitrogens is 5. The first-order valence-electron chi connectivity index (χ1n) is 5.84. The lowest BCUT2D eigenvalue weighted by Crippen LogP contribution is -2.23. The van der Waals surface area contributed by atoms with Crippen LogP contribution in [0, 0.1) is 0 Å². The maximum absolute atomic E-state index is 12.1. The molecule has 0 saturated heterocycles. The van der Waals surface area contributed by atoms with Crippen LogP contribution in [-0.4, -0.2) is 23.7 Å². The van der Waals surface area contributed by atoms with E-state index in [-0.39, 0.29) is 5.69 Å². The molecule has 18 heavy (non-hydrogen) atoms. The zero-order chi connectivity index (χ0) is 12.5. The van der Waals surface area contributed by atoms with Gasteiger partial charge in [-0.15, -0.1) is 5.10 Å². The molecule has 6 heteroatoms. The van der Waals surface area contributed by atoms with Gasteiger partial charge in [-0.3, -0.25) is 4.40 Å². The Bertz CT molecular complexity index is 736. The van der Waals surface area contributed by atoms with Crippen molar-refractivity contribution in [2.24, 2.45) is 0 Å². The van der Waals surface area contributed by atoms with E-state index in [1.807, 2.05) is 35.9 Å². The molecular formula is C12H13N5O. The molecule has 0 atom stereocenters. The molecule has 0 bridgehead atoms. The highest BCUT2D eigenvalue weighted by atomic mass is 16.2. The van der Waals surface area contributed by atoms with Crippen LogP contribution in [0.2, 0.25) is 0 Å². The molecule has 0 aliphatic heterocycles. The molecule has 6 nitrogen and oxygen atoms in total. The van der Waals surface area contributed by atoms with Crippen LogP contribution in [-0.2, 0) is 13.1 Å². The third-order valence-electron chi connectivity index (χ3n) is 2.92. The van der Waals surface area contributed by atoms with Gasteiger partial charge in [-0.25, -0.2) is 14.5 Å². The molecule has 0 unspecified atom stereocenters. The van der Waals surface area contributed by atoms with Gasteiger partial charge in [0.1, 0.15) is 12.4 Å². The van der Waals surface area contributed by atoms with Crippen molar-refractivity contribution in [1.82, 2.24) is 23.7 Å². The molecule has 0 radical (unpaired) electrons. The standard InChI is InChI=1S/C12H13N5O/c1-2-15-8-6-13-11(15)9-17-12(18)16-7-4-3-5-10(16)14-17/h3-8H,2,9H2,1H3. The van der Waals surface area contributed by atoms with E-state index >= 15 is 0 Å². The number of nitrogens with zero attached hydrogens (tertiary/aromatic N) is 5. The van der Waals surface area contributed by atoms with E-state index in [4.69, 9.17) is 0 Å². The number of hydrogen-bond acceptors (Lipinski definition) is 3. The van der Waals surface area contributed by atoms with Crippen molar-refractivity contribution in [2.45, 2.75) is 20.0 Å². The Morgan fingerprint density at radius 1 is 1.28 bits per heavy atom. The lowest BCUT2D eigenvalue weighted by Gasteiger charge is -2.03. The summed E-state index contributed by atoms with van der Waals surface area (Å²) in [6, 6.07) is 5.48. The van der Waals surface area contributed by atoms with Gasteiger partial charge in [0.25, 0.3) is 0 Å². The molecule has 0 saturated carbocycles. The lowest BCUT2D eigenvalue weighted by atomic mass is 10.5. The summed E-state index contributed by atoms with van der Waals surface area (Å²) in [6.07, 6.45) is 5.35. The van der Waals surface area contributed by atoms with Gasteiger partial charge in [0, 0.05) is 25.1 Å². The summed E-state index contributed by atoms with van der Waals surface area (Å²) in [4.78, 5) is 16.3. The highest BCUT2D eigenvalue weighted by Crippen LogP contribution is 2.00. The molecule has 3 aromatic rings. The summed E-state index contributed by atoms with van der Waals surface area (Å²) in [5.41, 5.74) is 0.508. The fourth-order valence-corrected chi connectivity index (χ4v) is 1.98. The van der Waals surface area contributed by atoms with Crippen LogP contribution in [0.25, 0.3) is 5.65 Å². The Labute approximate surface area is 103 Å². The first-order valence-corrected chi connectivity index (χ1v) is 5.84. The summed E-state index contributed by atoms with van der Waals surface area (Å²) in [5.74, 6) is 0.836. The Morgan fingerprint density at radius 2 is 2.17 bits per heavy atom. The fourth-order valence-electron chi connectivity index (χ4n) is 1.98. The van der Waals surface area contributed by atoms with E-state index < -0.39 is 0 Å². The Kier molecular flexibility index (Phi) is 2.47. The van der Waals surface area contributed by atoms with E-state index in [2.05, 4.69) is 10.1 Å². The van der Waals surface area contributed by atoms with Crippen LogP contribution in [0.15, 0.2) is 41.6 Å². The third-order valence-corrected chi connectivity index (χ3v) is 2.92. The normalized spacial score (nSPS) is 11.2. The molecule has 0 aliphatic rings. The number of pyridine rings is 1. The Balaban J connectivity index is 2.05. The number of rotatable bonds is 3. The van der Waals surface area contributed by atoms with Gasteiger partial charge in [-0.05, 0) is 19.1 Å². The second kappa shape index (κ2) is 4.14. The number of imidazole rings is 1. The summed E-state index contributed by atoms with van der Waals surface area (Å²) >= 11 is 0. The second-order valence-electron chi connectivity index (χ2n) is 4.00. The van der Waals surface area contributed by atoms with E-state index in [1.54, 1.807) is 12.4 Å². The van der Waals surface area contributed by atoms with E-state index in [1.165, 1.54) is 9.08 Å². The molecule has 92 valence electrons. The minimum absolute atomic E-state index is 0.142. The second-order valence-corrected chi connectivity index (χ2v) is 4.00.